The molecule has 0 saturated heterocycles. The molecule has 2 rings (SSSR count). The molecule has 1 aromatic heterocycles. The second-order valence-corrected chi connectivity index (χ2v) is 6.13. The van der Waals surface area contributed by atoms with Crippen LogP contribution in [-0.4, -0.2) is 16.3 Å². The van der Waals surface area contributed by atoms with Gasteiger partial charge in [-0.2, -0.15) is 0 Å². The molecule has 0 spiro atoms. The predicted molar refractivity (Wildman–Crippen MR) is 79.5 cm³/mol. The zero-order chi connectivity index (χ0) is 13.8. The fourth-order valence-corrected chi connectivity index (χ4v) is 3.73. The maximum atomic E-state index is 12.4. The molecule has 100 valence electrons. The van der Waals surface area contributed by atoms with Crippen molar-refractivity contribution in [2.45, 2.75) is 10.6 Å². The van der Waals surface area contributed by atoms with Crippen LogP contribution in [0.2, 0.25) is 0 Å². The van der Waals surface area contributed by atoms with Crippen molar-refractivity contribution in [3.63, 3.8) is 0 Å². The summed E-state index contributed by atoms with van der Waals surface area (Å²) in [5, 5.41) is 0. The standard InChI is InChI=1S/C13H13BrN2O2S/c1-18-13-9(3-2-6-16-13)8-19(17)12-5-4-10(15)7-11(12)14/h2-7H,8,15H2,1H3. The summed E-state index contributed by atoms with van der Waals surface area (Å²) >= 11 is 3.38. The van der Waals surface area contributed by atoms with E-state index >= 15 is 0 Å². The summed E-state index contributed by atoms with van der Waals surface area (Å²) in [5.41, 5.74) is 7.11. The van der Waals surface area contributed by atoms with Gasteiger partial charge in [-0.1, -0.05) is 6.07 Å². The van der Waals surface area contributed by atoms with E-state index in [1.165, 1.54) is 0 Å². The number of halogens is 1. The van der Waals surface area contributed by atoms with Gasteiger partial charge in [0, 0.05) is 21.9 Å². The number of ether oxygens (including phenoxy) is 1. The number of rotatable bonds is 4. The summed E-state index contributed by atoms with van der Waals surface area (Å²) in [6.07, 6.45) is 1.64. The molecule has 0 aliphatic carbocycles. The van der Waals surface area contributed by atoms with E-state index < -0.39 is 10.8 Å². The van der Waals surface area contributed by atoms with Crippen molar-refractivity contribution in [2.75, 3.05) is 12.8 Å². The molecule has 2 N–H and O–H groups in total. The minimum absolute atomic E-state index is 0.347. The van der Waals surface area contributed by atoms with Crippen molar-refractivity contribution in [3.8, 4) is 5.88 Å². The van der Waals surface area contributed by atoms with E-state index in [9.17, 15) is 4.21 Å². The van der Waals surface area contributed by atoms with E-state index in [1.807, 2.05) is 6.07 Å². The fourth-order valence-electron chi connectivity index (χ4n) is 1.64. The number of nitrogens with zero attached hydrogens (tertiary/aromatic N) is 1. The van der Waals surface area contributed by atoms with Crippen LogP contribution in [0.1, 0.15) is 5.56 Å². The van der Waals surface area contributed by atoms with Crippen LogP contribution in [0.4, 0.5) is 5.69 Å². The number of hydrogen-bond donors (Lipinski definition) is 1. The smallest absolute Gasteiger partial charge is 0.217 e. The lowest BCUT2D eigenvalue weighted by atomic mass is 10.3. The quantitative estimate of drug-likeness (QED) is 0.869. The van der Waals surface area contributed by atoms with Crippen LogP contribution in [0, 0.1) is 0 Å². The number of anilines is 1. The zero-order valence-corrected chi connectivity index (χ0v) is 12.7. The minimum Gasteiger partial charge on any atom is -0.481 e. The Balaban J connectivity index is 2.26. The highest BCUT2D eigenvalue weighted by molar-refractivity contribution is 9.10. The van der Waals surface area contributed by atoms with Crippen molar-refractivity contribution >= 4 is 32.4 Å². The predicted octanol–water partition coefficient (Wildman–Crippen LogP) is 2.74. The van der Waals surface area contributed by atoms with Crippen LogP contribution in [0.5, 0.6) is 5.88 Å². The Morgan fingerprint density at radius 2 is 2.21 bits per heavy atom. The van der Waals surface area contributed by atoms with Gasteiger partial charge < -0.3 is 10.5 Å². The van der Waals surface area contributed by atoms with Gasteiger partial charge in [-0.05, 0) is 40.2 Å². The number of methoxy groups -OCH3 is 1. The van der Waals surface area contributed by atoms with Crippen LogP contribution in [0.3, 0.4) is 0 Å². The lowest BCUT2D eigenvalue weighted by Crippen LogP contribution is -2.01. The van der Waals surface area contributed by atoms with E-state index in [-0.39, 0.29) is 0 Å². The van der Waals surface area contributed by atoms with E-state index in [1.54, 1.807) is 37.6 Å². The Labute approximate surface area is 122 Å². The molecule has 0 aliphatic rings. The zero-order valence-electron chi connectivity index (χ0n) is 10.3. The summed E-state index contributed by atoms with van der Waals surface area (Å²) in [5.74, 6) is 0.849. The molecule has 1 aromatic carbocycles. The van der Waals surface area contributed by atoms with Gasteiger partial charge >= 0.3 is 0 Å². The molecule has 0 bridgehead atoms. The van der Waals surface area contributed by atoms with Crippen LogP contribution in [0.15, 0.2) is 45.9 Å². The molecule has 0 radical (unpaired) electrons. The molecule has 6 heteroatoms. The number of nitrogens with two attached hydrogens (primary N) is 1. The fraction of sp³-hybridized carbons (Fsp3) is 0.154. The summed E-state index contributed by atoms with van der Waals surface area (Å²) in [6.45, 7) is 0. The summed E-state index contributed by atoms with van der Waals surface area (Å²) < 4.78 is 18.3. The summed E-state index contributed by atoms with van der Waals surface area (Å²) in [7, 11) is 0.361. The van der Waals surface area contributed by atoms with Crippen LogP contribution in [-0.2, 0) is 16.6 Å². The molecule has 1 unspecified atom stereocenters. The number of pyridine rings is 1. The first kappa shape index (κ1) is 14.0. The highest BCUT2D eigenvalue weighted by Gasteiger charge is 2.12. The lowest BCUT2D eigenvalue weighted by molar-refractivity contribution is 0.394. The molecule has 0 saturated carbocycles. The first-order chi connectivity index (χ1) is 9.11. The number of nitrogen functional groups attached to an aromatic ring is 1. The van der Waals surface area contributed by atoms with E-state index in [4.69, 9.17) is 10.5 Å². The van der Waals surface area contributed by atoms with Crippen molar-refractivity contribution in [1.29, 1.82) is 0 Å². The molecular weight excluding hydrogens is 328 g/mol. The average molecular weight is 341 g/mol. The molecule has 0 amide bonds. The molecule has 2 aromatic rings. The second kappa shape index (κ2) is 6.16. The highest BCUT2D eigenvalue weighted by Crippen LogP contribution is 2.26. The van der Waals surface area contributed by atoms with E-state index in [0.29, 0.717) is 22.2 Å². The monoisotopic (exact) mass is 340 g/mol. The SMILES string of the molecule is COc1ncccc1CS(=O)c1ccc(N)cc1Br. The van der Waals surface area contributed by atoms with Crippen molar-refractivity contribution in [3.05, 3.63) is 46.6 Å². The van der Waals surface area contributed by atoms with Gasteiger partial charge in [0.15, 0.2) is 0 Å². The van der Waals surface area contributed by atoms with Gasteiger partial charge in [-0.25, -0.2) is 4.98 Å². The molecule has 4 nitrogen and oxygen atoms in total. The molecular formula is C13H13BrN2O2S. The minimum atomic E-state index is -1.19. The number of benzene rings is 1. The van der Waals surface area contributed by atoms with E-state index in [0.717, 1.165) is 10.0 Å². The largest absolute Gasteiger partial charge is 0.481 e. The highest BCUT2D eigenvalue weighted by atomic mass is 79.9. The first-order valence-corrected chi connectivity index (χ1v) is 7.64. The molecule has 0 aliphatic heterocycles. The third kappa shape index (κ3) is 3.33. The van der Waals surface area contributed by atoms with Crippen LogP contribution < -0.4 is 10.5 Å². The van der Waals surface area contributed by atoms with Crippen molar-refractivity contribution < 1.29 is 8.95 Å². The Kier molecular flexibility index (Phi) is 4.55. The topological polar surface area (TPSA) is 65.2 Å². The van der Waals surface area contributed by atoms with Gasteiger partial charge in [0.1, 0.15) is 0 Å². The third-order valence-electron chi connectivity index (χ3n) is 2.53. The lowest BCUT2D eigenvalue weighted by Gasteiger charge is -2.08. The maximum absolute atomic E-state index is 12.4. The molecule has 19 heavy (non-hydrogen) atoms. The van der Waals surface area contributed by atoms with Crippen LogP contribution >= 0.6 is 15.9 Å². The second-order valence-electron chi connectivity index (χ2n) is 3.85. The number of hydrogen-bond acceptors (Lipinski definition) is 4. The Bertz CT molecular complexity index is 619. The van der Waals surface area contributed by atoms with Gasteiger partial charge in [0.05, 0.1) is 28.6 Å². The molecule has 0 fully saturated rings. The maximum Gasteiger partial charge on any atom is 0.217 e. The Hall–Kier alpha value is -1.40. The summed E-state index contributed by atoms with van der Waals surface area (Å²) in [4.78, 5) is 4.80. The average Bonchev–Trinajstić information content (AvgIpc) is 2.39. The van der Waals surface area contributed by atoms with Crippen molar-refractivity contribution in [2.24, 2.45) is 0 Å². The summed E-state index contributed by atoms with van der Waals surface area (Å²) in [6, 6.07) is 8.90. The van der Waals surface area contributed by atoms with Gasteiger partial charge in [0.25, 0.3) is 0 Å². The van der Waals surface area contributed by atoms with Gasteiger partial charge in [-0.3, -0.25) is 4.21 Å². The number of aromatic nitrogens is 1. The van der Waals surface area contributed by atoms with Gasteiger partial charge in [-0.15, -0.1) is 0 Å². The van der Waals surface area contributed by atoms with E-state index in [2.05, 4.69) is 20.9 Å². The van der Waals surface area contributed by atoms with Gasteiger partial charge in [0.2, 0.25) is 5.88 Å². The molecule has 1 heterocycles. The van der Waals surface area contributed by atoms with Crippen LogP contribution in [0.25, 0.3) is 0 Å². The Morgan fingerprint density at radius 3 is 2.89 bits per heavy atom. The third-order valence-corrected chi connectivity index (χ3v) is 4.87. The molecule has 1 atom stereocenters. The normalized spacial score (nSPS) is 12.1. The van der Waals surface area contributed by atoms with Crippen molar-refractivity contribution in [1.82, 2.24) is 4.98 Å². The Morgan fingerprint density at radius 1 is 1.42 bits per heavy atom. The first-order valence-electron chi connectivity index (χ1n) is 5.53.